The van der Waals surface area contributed by atoms with Crippen molar-refractivity contribution in [3.8, 4) is 11.3 Å². The number of furan rings is 1. The van der Waals surface area contributed by atoms with Crippen LogP contribution >= 0.6 is 11.6 Å². The normalized spacial score (nSPS) is 14.5. The SMILES string of the molecule is O=C(O)c1ccc(N2C(=O)/C(=C/c3ccc(-c4ccc(Cl)cc4)o3)C=C2c2ccccc2)cc1. The van der Waals surface area contributed by atoms with Crippen LogP contribution in [0.1, 0.15) is 21.7 Å². The van der Waals surface area contributed by atoms with Gasteiger partial charge in [-0.05, 0) is 78.4 Å². The Labute approximate surface area is 200 Å². The molecule has 0 radical (unpaired) electrons. The topological polar surface area (TPSA) is 70.8 Å². The lowest BCUT2D eigenvalue weighted by Gasteiger charge is -2.21. The maximum atomic E-state index is 13.5. The average molecular weight is 468 g/mol. The summed E-state index contributed by atoms with van der Waals surface area (Å²) in [6.07, 6.45) is 3.52. The van der Waals surface area contributed by atoms with Crippen LogP contribution in [0.3, 0.4) is 0 Å². The molecule has 0 atom stereocenters. The molecular weight excluding hydrogens is 450 g/mol. The third kappa shape index (κ3) is 4.17. The summed E-state index contributed by atoms with van der Waals surface area (Å²) in [5, 5.41) is 9.85. The van der Waals surface area contributed by atoms with Crippen LogP contribution in [0.2, 0.25) is 5.02 Å². The number of anilines is 1. The number of benzene rings is 3. The average Bonchev–Trinajstić information content (AvgIpc) is 3.45. The zero-order chi connectivity index (χ0) is 23.7. The fraction of sp³-hybridized carbons (Fsp3) is 0. The van der Waals surface area contributed by atoms with Crippen LogP contribution in [0.15, 0.2) is 107 Å². The minimum absolute atomic E-state index is 0.154. The minimum Gasteiger partial charge on any atom is -0.478 e. The first kappa shape index (κ1) is 21.5. The number of carboxylic acid groups (broad SMARTS) is 1. The van der Waals surface area contributed by atoms with Gasteiger partial charge in [0.2, 0.25) is 0 Å². The first-order chi connectivity index (χ1) is 16.5. The number of halogens is 1. The van der Waals surface area contributed by atoms with Crippen LogP contribution in [0.4, 0.5) is 5.69 Å². The lowest BCUT2D eigenvalue weighted by Crippen LogP contribution is -2.25. The molecule has 0 saturated carbocycles. The van der Waals surface area contributed by atoms with E-state index >= 15 is 0 Å². The summed E-state index contributed by atoms with van der Waals surface area (Å²) >= 11 is 5.97. The van der Waals surface area contributed by atoms with Gasteiger partial charge in [0, 0.05) is 21.8 Å². The van der Waals surface area contributed by atoms with E-state index in [1.54, 1.807) is 35.2 Å². The molecule has 34 heavy (non-hydrogen) atoms. The van der Waals surface area contributed by atoms with E-state index in [1.807, 2.05) is 60.7 Å². The maximum absolute atomic E-state index is 13.5. The summed E-state index contributed by atoms with van der Waals surface area (Å²) in [5.74, 6) is -0.0400. The summed E-state index contributed by atoms with van der Waals surface area (Å²) in [7, 11) is 0. The van der Waals surface area contributed by atoms with Crippen molar-refractivity contribution in [2.75, 3.05) is 4.90 Å². The van der Waals surface area contributed by atoms with Gasteiger partial charge in [0.1, 0.15) is 11.5 Å². The standard InChI is InChI=1S/C28H18ClNO4/c29-22-10-6-19(7-11-22)26-15-14-24(34-26)16-21-17-25(18-4-2-1-3-5-18)30(27(21)31)23-12-8-20(9-13-23)28(32)33/h1-17H,(H,32,33)/b21-16+. The first-order valence-electron chi connectivity index (χ1n) is 10.5. The molecular formula is C28H18ClNO4. The molecule has 0 saturated heterocycles. The van der Waals surface area contributed by atoms with Gasteiger partial charge in [-0.3, -0.25) is 9.69 Å². The molecule has 4 aromatic rings. The summed E-state index contributed by atoms with van der Waals surface area (Å²) in [4.78, 5) is 26.3. The molecule has 0 fully saturated rings. The van der Waals surface area contributed by atoms with Crippen molar-refractivity contribution in [1.82, 2.24) is 0 Å². The van der Waals surface area contributed by atoms with Gasteiger partial charge in [-0.2, -0.15) is 0 Å². The second-order valence-electron chi connectivity index (χ2n) is 7.70. The summed E-state index contributed by atoms with van der Waals surface area (Å²) in [5.41, 5.74) is 3.63. The van der Waals surface area contributed by atoms with Crippen molar-refractivity contribution < 1.29 is 19.1 Å². The maximum Gasteiger partial charge on any atom is 0.335 e. The van der Waals surface area contributed by atoms with Gasteiger partial charge in [0.25, 0.3) is 5.91 Å². The minimum atomic E-state index is -1.02. The Bertz CT molecular complexity index is 1430. The fourth-order valence-corrected chi connectivity index (χ4v) is 3.93. The Balaban J connectivity index is 1.52. The van der Waals surface area contributed by atoms with Gasteiger partial charge in [-0.1, -0.05) is 41.9 Å². The Morgan fingerprint density at radius 1 is 0.853 bits per heavy atom. The highest BCUT2D eigenvalue weighted by atomic mass is 35.5. The molecule has 1 aliphatic rings. The zero-order valence-electron chi connectivity index (χ0n) is 17.8. The molecule has 2 heterocycles. The van der Waals surface area contributed by atoms with E-state index < -0.39 is 5.97 Å². The smallest absolute Gasteiger partial charge is 0.335 e. The molecule has 0 aliphatic carbocycles. The van der Waals surface area contributed by atoms with Gasteiger partial charge in [-0.15, -0.1) is 0 Å². The highest BCUT2D eigenvalue weighted by molar-refractivity contribution is 6.30. The largest absolute Gasteiger partial charge is 0.478 e. The molecule has 1 aliphatic heterocycles. The Morgan fingerprint density at radius 2 is 1.56 bits per heavy atom. The zero-order valence-corrected chi connectivity index (χ0v) is 18.6. The van der Waals surface area contributed by atoms with Crippen molar-refractivity contribution in [3.05, 3.63) is 125 Å². The number of hydrogen-bond acceptors (Lipinski definition) is 3. The van der Waals surface area contributed by atoms with E-state index in [1.165, 1.54) is 12.1 Å². The molecule has 1 amide bonds. The van der Waals surface area contributed by atoms with Gasteiger partial charge in [0.05, 0.1) is 11.3 Å². The molecule has 0 bridgehead atoms. The number of carboxylic acids is 1. The number of carbonyl (C=O) groups excluding carboxylic acids is 1. The lowest BCUT2D eigenvalue weighted by molar-refractivity contribution is -0.113. The van der Waals surface area contributed by atoms with Crippen molar-refractivity contribution in [2.45, 2.75) is 0 Å². The summed E-state index contributed by atoms with van der Waals surface area (Å²) < 4.78 is 5.96. The molecule has 0 spiro atoms. The quantitative estimate of drug-likeness (QED) is 0.329. The molecule has 166 valence electrons. The molecule has 5 nitrogen and oxygen atoms in total. The number of rotatable bonds is 5. The summed E-state index contributed by atoms with van der Waals surface area (Å²) in [6.45, 7) is 0. The van der Waals surface area contributed by atoms with Crippen LogP contribution in [0.25, 0.3) is 23.1 Å². The third-order valence-electron chi connectivity index (χ3n) is 5.48. The Kier molecular flexibility index (Phi) is 5.62. The number of carbonyl (C=O) groups is 2. The van der Waals surface area contributed by atoms with Crippen molar-refractivity contribution in [3.63, 3.8) is 0 Å². The fourth-order valence-electron chi connectivity index (χ4n) is 3.80. The van der Waals surface area contributed by atoms with Crippen LogP contribution < -0.4 is 4.90 Å². The van der Waals surface area contributed by atoms with Crippen LogP contribution in [-0.4, -0.2) is 17.0 Å². The first-order valence-corrected chi connectivity index (χ1v) is 10.9. The van der Waals surface area contributed by atoms with E-state index in [4.69, 9.17) is 16.0 Å². The van der Waals surface area contributed by atoms with Crippen molar-refractivity contribution >= 4 is 40.9 Å². The lowest BCUT2D eigenvalue weighted by atomic mass is 10.1. The van der Waals surface area contributed by atoms with Gasteiger partial charge in [-0.25, -0.2) is 4.79 Å². The number of nitrogens with zero attached hydrogens (tertiary/aromatic N) is 1. The molecule has 5 rings (SSSR count). The molecule has 0 unspecified atom stereocenters. The highest BCUT2D eigenvalue weighted by Crippen LogP contribution is 2.36. The predicted molar refractivity (Wildman–Crippen MR) is 132 cm³/mol. The molecule has 3 aromatic carbocycles. The van der Waals surface area contributed by atoms with Crippen LogP contribution in [0.5, 0.6) is 0 Å². The molecule has 1 aromatic heterocycles. The van der Waals surface area contributed by atoms with Crippen molar-refractivity contribution in [2.24, 2.45) is 0 Å². The summed E-state index contributed by atoms with van der Waals surface area (Å²) in [6, 6.07) is 26.8. The Hall–Kier alpha value is -4.35. The van der Waals surface area contributed by atoms with E-state index in [9.17, 15) is 14.7 Å². The number of hydrogen-bond donors (Lipinski definition) is 1. The monoisotopic (exact) mass is 467 g/mol. The third-order valence-corrected chi connectivity index (χ3v) is 5.73. The second-order valence-corrected chi connectivity index (χ2v) is 8.13. The highest BCUT2D eigenvalue weighted by Gasteiger charge is 2.30. The number of aromatic carboxylic acids is 1. The second kappa shape index (κ2) is 8.89. The van der Waals surface area contributed by atoms with Crippen molar-refractivity contribution in [1.29, 1.82) is 0 Å². The van der Waals surface area contributed by atoms with Gasteiger partial charge < -0.3 is 9.52 Å². The number of amides is 1. The van der Waals surface area contributed by atoms with Gasteiger partial charge >= 0.3 is 5.97 Å². The van der Waals surface area contributed by atoms with E-state index in [0.29, 0.717) is 33.5 Å². The van der Waals surface area contributed by atoms with E-state index in [-0.39, 0.29) is 11.5 Å². The van der Waals surface area contributed by atoms with Gasteiger partial charge in [0.15, 0.2) is 0 Å². The Morgan fingerprint density at radius 3 is 2.24 bits per heavy atom. The molecule has 1 N–H and O–H groups in total. The predicted octanol–water partition coefficient (Wildman–Crippen LogP) is 6.77. The van der Waals surface area contributed by atoms with Crippen LogP contribution in [-0.2, 0) is 4.79 Å². The van der Waals surface area contributed by atoms with E-state index in [2.05, 4.69) is 0 Å². The molecule has 6 heteroatoms. The van der Waals surface area contributed by atoms with Crippen LogP contribution in [0, 0.1) is 0 Å². The van der Waals surface area contributed by atoms with E-state index in [0.717, 1.165) is 11.1 Å².